The van der Waals surface area contributed by atoms with Crippen LogP contribution in [-0.4, -0.2) is 11.2 Å². The molecule has 1 heterocycles. The zero-order chi connectivity index (χ0) is 18.7. The molecular weight excluding hydrogens is 393 g/mol. The fourth-order valence-electron chi connectivity index (χ4n) is 2.48. The lowest BCUT2D eigenvalue weighted by Crippen LogP contribution is -2.12. The highest BCUT2D eigenvalue weighted by molar-refractivity contribution is 7.15. The number of nitrogens with one attached hydrogen (secondary N) is 1. The van der Waals surface area contributed by atoms with Crippen LogP contribution in [0.1, 0.15) is 21.5 Å². The highest BCUT2D eigenvalue weighted by Gasteiger charge is 2.17. The molecule has 0 aliphatic carbocycles. The van der Waals surface area contributed by atoms with Crippen LogP contribution in [0, 0.1) is 6.92 Å². The van der Waals surface area contributed by atoms with Gasteiger partial charge in [-0.3, -0.25) is 10.1 Å². The molecule has 1 amide bonds. The summed E-state index contributed by atoms with van der Waals surface area (Å²) in [4.78, 5) is 16.9. The van der Waals surface area contributed by atoms with Crippen molar-refractivity contribution >= 4 is 45.4 Å². The van der Waals surface area contributed by atoms with E-state index in [0.717, 1.165) is 16.7 Å². The van der Waals surface area contributed by atoms with Crippen LogP contribution in [0.5, 0.6) is 0 Å². The van der Waals surface area contributed by atoms with Gasteiger partial charge >= 0.3 is 0 Å². The first-order valence-electron chi connectivity index (χ1n) is 7.69. The lowest BCUT2D eigenvalue weighted by atomic mass is 10.0. The summed E-state index contributed by atoms with van der Waals surface area (Å²) in [5.74, 6) is -0.319. The van der Waals surface area contributed by atoms with E-state index in [1.807, 2.05) is 36.6 Å². The van der Waals surface area contributed by atoms with E-state index >= 15 is 0 Å². The third kappa shape index (κ3) is 4.09. The van der Waals surface area contributed by atoms with Gasteiger partial charge in [-0.1, -0.05) is 53.0 Å². The summed E-state index contributed by atoms with van der Waals surface area (Å²) in [6, 6.07) is 12.7. The van der Waals surface area contributed by atoms with Gasteiger partial charge in [0.1, 0.15) is 11.6 Å². The highest BCUT2D eigenvalue weighted by Crippen LogP contribution is 2.36. The molecule has 0 saturated heterocycles. The molecule has 26 heavy (non-hydrogen) atoms. The Hall–Kier alpha value is -1.89. The minimum Gasteiger partial charge on any atom is -0.313 e. The van der Waals surface area contributed by atoms with Gasteiger partial charge in [0.05, 0.1) is 10.0 Å². The Bertz CT molecular complexity index is 938. The molecule has 0 radical (unpaired) electrons. The molecule has 3 aromatic rings. The molecule has 0 aliphatic heterocycles. The van der Waals surface area contributed by atoms with Crippen LogP contribution < -0.4 is 5.32 Å². The van der Waals surface area contributed by atoms with Crippen molar-refractivity contribution in [3.05, 3.63) is 74.6 Å². The van der Waals surface area contributed by atoms with Crippen LogP contribution in [0.3, 0.4) is 0 Å². The number of hydrogen-bond donors (Lipinski definition) is 2. The molecule has 2 aromatic carbocycles. The molecule has 7 heteroatoms. The molecule has 0 bridgehead atoms. The van der Waals surface area contributed by atoms with E-state index in [0.29, 0.717) is 26.2 Å². The minimum atomic E-state index is -0.319. The Morgan fingerprint density at radius 2 is 1.88 bits per heavy atom. The van der Waals surface area contributed by atoms with Crippen molar-refractivity contribution in [1.29, 1.82) is 0 Å². The summed E-state index contributed by atoms with van der Waals surface area (Å²) in [5.41, 5.74) is 4.12. The van der Waals surface area contributed by atoms with Crippen LogP contribution in [0.2, 0.25) is 10.0 Å². The first-order chi connectivity index (χ1) is 12.5. The molecule has 0 atom stereocenters. The number of carbonyl (C=O) groups is 1. The monoisotopic (exact) mass is 407 g/mol. The van der Waals surface area contributed by atoms with Crippen LogP contribution in [0.15, 0.2) is 47.8 Å². The van der Waals surface area contributed by atoms with Crippen molar-refractivity contribution in [1.82, 2.24) is 0 Å². The zero-order valence-corrected chi connectivity index (χ0v) is 16.1. The van der Waals surface area contributed by atoms with Crippen molar-refractivity contribution in [3.63, 3.8) is 0 Å². The normalized spacial score (nSPS) is 10.8. The third-order valence-electron chi connectivity index (χ3n) is 3.87. The minimum absolute atomic E-state index is 0.0380. The van der Waals surface area contributed by atoms with E-state index in [1.165, 1.54) is 17.4 Å². The summed E-state index contributed by atoms with van der Waals surface area (Å²) in [6.45, 7) is 1.97. The maximum Gasteiger partial charge on any atom is 0.256 e. The summed E-state index contributed by atoms with van der Waals surface area (Å²) >= 11 is 13.2. The Labute approximate surface area is 164 Å². The van der Waals surface area contributed by atoms with Crippen LogP contribution >= 0.6 is 34.5 Å². The quantitative estimate of drug-likeness (QED) is 0.386. The number of amides is 1. The van der Waals surface area contributed by atoms with Crippen LogP contribution in [-0.2, 0) is 11.5 Å². The Morgan fingerprint density at radius 1 is 1.15 bits per heavy atom. The Morgan fingerprint density at radius 3 is 2.54 bits per heavy atom. The van der Waals surface area contributed by atoms with Gasteiger partial charge in [-0.25, -0.2) is 4.89 Å². The number of rotatable bonds is 5. The Balaban J connectivity index is 1.91. The molecular formula is C19H15Cl2NO3S. The summed E-state index contributed by atoms with van der Waals surface area (Å²) in [5, 5.41) is 15.0. The molecule has 1 aromatic heterocycles. The van der Waals surface area contributed by atoms with Gasteiger partial charge < -0.3 is 5.32 Å². The molecule has 0 unspecified atom stereocenters. The van der Waals surface area contributed by atoms with Gasteiger partial charge in [0.15, 0.2) is 0 Å². The van der Waals surface area contributed by atoms with Crippen molar-refractivity contribution in [3.8, 4) is 11.1 Å². The van der Waals surface area contributed by atoms with E-state index in [9.17, 15) is 4.79 Å². The number of thiophene rings is 1. The van der Waals surface area contributed by atoms with Crippen LogP contribution in [0.4, 0.5) is 5.00 Å². The highest BCUT2D eigenvalue weighted by atomic mass is 35.5. The average Bonchev–Trinajstić information content (AvgIpc) is 3.01. The van der Waals surface area contributed by atoms with Gasteiger partial charge in [-0.15, -0.1) is 11.3 Å². The van der Waals surface area contributed by atoms with E-state index in [-0.39, 0.29) is 12.5 Å². The number of hydrogen-bond acceptors (Lipinski definition) is 4. The summed E-state index contributed by atoms with van der Waals surface area (Å²) in [7, 11) is 0. The van der Waals surface area contributed by atoms with Gasteiger partial charge in [-0.2, -0.15) is 0 Å². The van der Waals surface area contributed by atoms with Crippen molar-refractivity contribution < 1.29 is 14.9 Å². The first kappa shape index (κ1) is 18.9. The lowest BCUT2D eigenvalue weighted by molar-refractivity contribution is -0.252. The molecule has 4 nitrogen and oxygen atoms in total. The van der Waals surface area contributed by atoms with Gasteiger partial charge in [0.25, 0.3) is 5.91 Å². The number of carbonyl (C=O) groups excluding carboxylic acids is 1. The second kappa shape index (κ2) is 8.20. The van der Waals surface area contributed by atoms with Crippen molar-refractivity contribution in [2.75, 3.05) is 5.32 Å². The first-order valence-corrected chi connectivity index (χ1v) is 9.33. The van der Waals surface area contributed by atoms with Crippen LogP contribution in [0.25, 0.3) is 11.1 Å². The number of benzene rings is 2. The number of halogens is 2. The molecule has 0 saturated carbocycles. The standard InChI is InChI=1S/C19H15Cl2NO3S/c1-11-2-4-12(5-3-11)15-10-26-19(14(15)9-25-24)22-18(23)13-6-7-16(20)17(21)8-13/h2-8,10,24H,9H2,1H3,(H,22,23). The van der Waals surface area contributed by atoms with E-state index < -0.39 is 0 Å². The van der Waals surface area contributed by atoms with E-state index in [2.05, 4.69) is 10.2 Å². The summed E-state index contributed by atoms with van der Waals surface area (Å²) in [6.07, 6.45) is 0. The fourth-order valence-corrected chi connectivity index (χ4v) is 3.76. The average molecular weight is 408 g/mol. The van der Waals surface area contributed by atoms with Crippen molar-refractivity contribution in [2.24, 2.45) is 0 Å². The second-order valence-corrected chi connectivity index (χ2v) is 7.37. The van der Waals surface area contributed by atoms with Gasteiger partial charge in [0.2, 0.25) is 0 Å². The molecule has 0 aliphatic rings. The van der Waals surface area contributed by atoms with E-state index in [1.54, 1.807) is 12.1 Å². The molecule has 3 rings (SSSR count). The fraction of sp³-hybridized carbons (Fsp3) is 0.105. The lowest BCUT2D eigenvalue weighted by Gasteiger charge is -2.09. The molecule has 2 N–H and O–H groups in total. The third-order valence-corrected chi connectivity index (χ3v) is 5.55. The van der Waals surface area contributed by atoms with Gasteiger partial charge in [0, 0.05) is 22.1 Å². The topological polar surface area (TPSA) is 58.6 Å². The zero-order valence-electron chi connectivity index (χ0n) is 13.8. The van der Waals surface area contributed by atoms with Crippen molar-refractivity contribution in [2.45, 2.75) is 13.5 Å². The smallest absolute Gasteiger partial charge is 0.256 e. The predicted molar refractivity (Wildman–Crippen MR) is 106 cm³/mol. The maximum atomic E-state index is 12.5. The SMILES string of the molecule is Cc1ccc(-c2csc(NC(=O)c3ccc(Cl)c(Cl)c3)c2COO)cc1. The van der Waals surface area contributed by atoms with E-state index in [4.69, 9.17) is 28.5 Å². The Kier molecular flexibility index (Phi) is 5.96. The number of aryl methyl sites for hydroxylation is 1. The molecule has 134 valence electrons. The predicted octanol–water partition coefficient (Wildman–Crippen LogP) is 6.27. The van der Waals surface area contributed by atoms with Gasteiger partial charge in [-0.05, 0) is 30.7 Å². The molecule has 0 spiro atoms. The second-order valence-electron chi connectivity index (χ2n) is 5.68. The summed E-state index contributed by atoms with van der Waals surface area (Å²) < 4.78 is 0. The maximum absolute atomic E-state index is 12.5. The largest absolute Gasteiger partial charge is 0.313 e. The number of anilines is 1. The molecule has 0 fully saturated rings.